The summed E-state index contributed by atoms with van der Waals surface area (Å²) in [7, 11) is 0. The predicted octanol–water partition coefficient (Wildman–Crippen LogP) is 9.73. The van der Waals surface area contributed by atoms with Gasteiger partial charge in [-0.25, -0.2) is 0 Å². The van der Waals surface area contributed by atoms with Crippen molar-refractivity contribution in [1.29, 1.82) is 0 Å². The van der Waals surface area contributed by atoms with Crippen LogP contribution < -0.4 is 0 Å². The van der Waals surface area contributed by atoms with Gasteiger partial charge in [0.1, 0.15) is 0 Å². The van der Waals surface area contributed by atoms with Crippen molar-refractivity contribution in [3.05, 3.63) is 104 Å². The summed E-state index contributed by atoms with van der Waals surface area (Å²) >= 11 is 0. The SMILES string of the molecule is Cc1cc2c(cc1C)C(C)(C)C(/C=C/C(=O)N1CCC(CCCC3CCN(C(=O)/C=C/C4=Cc5cc(C)c(C)cc5C4(C)C)CC3)CC1)=C2. The minimum atomic E-state index is -0.0855. The number of hydrogen-bond donors (Lipinski definition) is 0. The zero-order valence-electron chi connectivity index (χ0n) is 31.4. The second-order valence-corrected chi connectivity index (χ2v) is 16.6. The topological polar surface area (TPSA) is 40.6 Å². The average molecular weight is 659 g/mol. The second kappa shape index (κ2) is 13.9. The van der Waals surface area contributed by atoms with Gasteiger partial charge in [-0.15, -0.1) is 0 Å². The van der Waals surface area contributed by atoms with Crippen LogP contribution in [-0.4, -0.2) is 47.8 Å². The summed E-state index contributed by atoms with van der Waals surface area (Å²) in [6.07, 6.45) is 20.4. The third-order valence-corrected chi connectivity index (χ3v) is 12.6. The van der Waals surface area contributed by atoms with Crippen molar-refractivity contribution in [2.24, 2.45) is 11.8 Å². The molecule has 0 aromatic heterocycles. The molecular weight excluding hydrogens is 601 g/mol. The smallest absolute Gasteiger partial charge is 0.246 e. The monoisotopic (exact) mass is 658 g/mol. The van der Waals surface area contributed by atoms with Gasteiger partial charge in [-0.3, -0.25) is 9.59 Å². The van der Waals surface area contributed by atoms with Gasteiger partial charge in [0.25, 0.3) is 0 Å². The average Bonchev–Trinajstić information content (AvgIpc) is 3.45. The highest BCUT2D eigenvalue weighted by Crippen LogP contribution is 2.44. The molecule has 4 heteroatoms. The van der Waals surface area contributed by atoms with Gasteiger partial charge >= 0.3 is 0 Å². The number of carbonyl (C=O) groups excluding carboxylic acids is 2. The lowest BCUT2D eigenvalue weighted by atomic mass is 9.80. The number of likely N-dealkylation sites (tertiary alicyclic amines) is 2. The number of rotatable bonds is 8. The van der Waals surface area contributed by atoms with E-state index < -0.39 is 0 Å². The number of benzene rings is 2. The number of aryl methyl sites for hydroxylation is 4. The van der Waals surface area contributed by atoms with Gasteiger partial charge in [0.2, 0.25) is 11.8 Å². The summed E-state index contributed by atoms with van der Waals surface area (Å²) in [4.78, 5) is 30.4. The van der Waals surface area contributed by atoms with Crippen LogP contribution >= 0.6 is 0 Å². The zero-order chi connectivity index (χ0) is 35.1. The van der Waals surface area contributed by atoms with E-state index in [4.69, 9.17) is 0 Å². The number of carbonyl (C=O) groups is 2. The fourth-order valence-corrected chi connectivity index (χ4v) is 8.63. The molecule has 0 bridgehead atoms. The molecule has 4 nitrogen and oxygen atoms in total. The lowest BCUT2D eigenvalue weighted by molar-refractivity contribution is -0.128. The quantitative estimate of drug-likeness (QED) is 0.265. The molecular formula is C45H58N2O2. The van der Waals surface area contributed by atoms with Crippen LogP contribution in [0.15, 0.2) is 59.7 Å². The van der Waals surface area contributed by atoms with Crippen molar-refractivity contribution in [2.75, 3.05) is 26.2 Å². The molecule has 0 atom stereocenters. The Morgan fingerprint density at radius 2 is 0.959 bits per heavy atom. The first kappa shape index (κ1) is 35.2. The van der Waals surface area contributed by atoms with E-state index in [9.17, 15) is 9.59 Å². The third kappa shape index (κ3) is 7.30. The van der Waals surface area contributed by atoms with E-state index in [1.807, 2.05) is 9.80 Å². The first-order chi connectivity index (χ1) is 23.2. The minimum Gasteiger partial charge on any atom is -0.339 e. The highest BCUT2D eigenvalue weighted by atomic mass is 16.2. The summed E-state index contributed by atoms with van der Waals surface area (Å²) in [6.45, 7) is 21.2. The highest BCUT2D eigenvalue weighted by molar-refractivity contribution is 5.90. The summed E-state index contributed by atoms with van der Waals surface area (Å²) in [6, 6.07) is 9.18. The molecule has 6 rings (SSSR count). The first-order valence-electron chi connectivity index (χ1n) is 18.9. The maximum Gasteiger partial charge on any atom is 0.246 e. The molecule has 2 aromatic rings. The van der Waals surface area contributed by atoms with E-state index in [1.54, 1.807) is 12.2 Å². The van der Waals surface area contributed by atoms with E-state index in [0.29, 0.717) is 11.8 Å². The zero-order valence-corrected chi connectivity index (χ0v) is 31.4. The Morgan fingerprint density at radius 1 is 0.612 bits per heavy atom. The van der Waals surface area contributed by atoms with Crippen molar-refractivity contribution >= 4 is 24.0 Å². The first-order valence-corrected chi connectivity index (χ1v) is 18.9. The molecule has 4 aliphatic rings. The normalized spacial score (nSPS) is 20.6. The number of amides is 2. The van der Waals surface area contributed by atoms with E-state index in [1.165, 1.54) is 74.9 Å². The van der Waals surface area contributed by atoms with Crippen LogP contribution in [0, 0.1) is 39.5 Å². The van der Waals surface area contributed by atoms with Crippen molar-refractivity contribution in [3.8, 4) is 0 Å². The van der Waals surface area contributed by atoms with Gasteiger partial charge in [0.05, 0.1) is 0 Å². The van der Waals surface area contributed by atoms with Crippen molar-refractivity contribution < 1.29 is 9.59 Å². The lowest BCUT2D eigenvalue weighted by Crippen LogP contribution is -2.38. The second-order valence-electron chi connectivity index (χ2n) is 16.6. The van der Waals surface area contributed by atoms with Crippen LogP contribution in [0.25, 0.3) is 12.2 Å². The molecule has 260 valence electrons. The van der Waals surface area contributed by atoms with Crippen LogP contribution in [0.1, 0.15) is 117 Å². The lowest BCUT2D eigenvalue weighted by Gasteiger charge is -2.33. The Labute approximate surface area is 296 Å². The van der Waals surface area contributed by atoms with Crippen LogP contribution in [0.4, 0.5) is 0 Å². The van der Waals surface area contributed by atoms with E-state index >= 15 is 0 Å². The van der Waals surface area contributed by atoms with Gasteiger partial charge in [-0.05, 0) is 121 Å². The minimum absolute atomic E-state index is 0.0855. The van der Waals surface area contributed by atoms with Crippen molar-refractivity contribution in [1.82, 2.24) is 9.80 Å². The van der Waals surface area contributed by atoms with E-state index in [2.05, 4.69) is 104 Å². The molecule has 0 saturated carbocycles. The molecule has 49 heavy (non-hydrogen) atoms. The van der Waals surface area contributed by atoms with Gasteiger partial charge in [0, 0.05) is 49.2 Å². The van der Waals surface area contributed by atoms with Crippen LogP contribution in [0.2, 0.25) is 0 Å². The highest BCUT2D eigenvalue weighted by Gasteiger charge is 2.33. The Kier molecular flexibility index (Phi) is 10.00. The summed E-state index contributed by atoms with van der Waals surface area (Å²) in [5.74, 6) is 1.72. The van der Waals surface area contributed by atoms with Crippen LogP contribution in [0.3, 0.4) is 0 Å². The van der Waals surface area contributed by atoms with Crippen LogP contribution in [-0.2, 0) is 20.4 Å². The number of nitrogens with zero attached hydrogens (tertiary/aromatic N) is 2. The molecule has 0 N–H and O–H groups in total. The van der Waals surface area contributed by atoms with E-state index in [0.717, 1.165) is 51.9 Å². The largest absolute Gasteiger partial charge is 0.339 e. The molecule has 2 aliphatic carbocycles. The molecule has 2 saturated heterocycles. The molecule has 0 unspecified atom stereocenters. The number of fused-ring (bicyclic) bond motifs is 2. The fourth-order valence-electron chi connectivity index (χ4n) is 8.63. The number of allylic oxidation sites excluding steroid dienone is 4. The molecule has 0 spiro atoms. The Hall–Kier alpha value is -3.66. The molecule has 2 fully saturated rings. The summed E-state index contributed by atoms with van der Waals surface area (Å²) in [5.41, 5.74) is 12.8. The molecule has 2 aromatic carbocycles. The Morgan fingerprint density at radius 3 is 1.33 bits per heavy atom. The van der Waals surface area contributed by atoms with Crippen molar-refractivity contribution in [3.63, 3.8) is 0 Å². The standard InChI is InChI=1S/C45H58N2O2/c1-30-24-36-28-38(44(5,6)40(36)26-32(30)3)12-14-42(48)46-20-16-34(17-21-46)10-9-11-35-18-22-47(23-19-35)43(49)15-13-39-29-37-25-31(2)33(4)27-41(37)45(39,7)8/h12-15,24-29,34-35H,9-11,16-23H2,1-8H3/b14-12+,15-13+. The fraction of sp³-hybridized carbons (Fsp3) is 0.511. The molecule has 2 aliphatic heterocycles. The van der Waals surface area contributed by atoms with Crippen LogP contribution in [0.5, 0.6) is 0 Å². The molecule has 2 heterocycles. The third-order valence-electron chi connectivity index (χ3n) is 12.6. The Balaban J connectivity index is 0.895. The summed E-state index contributed by atoms with van der Waals surface area (Å²) < 4.78 is 0. The van der Waals surface area contributed by atoms with Gasteiger partial charge in [0.15, 0.2) is 0 Å². The Bertz CT molecular complexity index is 1610. The predicted molar refractivity (Wildman–Crippen MR) is 205 cm³/mol. The molecule has 2 amide bonds. The number of piperidine rings is 2. The maximum atomic E-state index is 13.1. The molecule has 0 radical (unpaired) electrons. The van der Waals surface area contributed by atoms with Gasteiger partial charge in [-0.2, -0.15) is 0 Å². The van der Waals surface area contributed by atoms with Gasteiger partial charge < -0.3 is 9.80 Å². The van der Waals surface area contributed by atoms with E-state index in [-0.39, 0.29) is 22.6 Å². The maximum absolute atomic E-state index is 13.1. The summed E-state index contributed by atoms with van der Waals surface area (Å²) in [5, 5.41) is 0. The van der Waals surface area contributed by atoms with Gasteiger partial charge in [-0.1, -0.05) is 95.5 Å². The van der Waals surface area contributed by atoms with Crippen molar-refractivity contribution in [2.45, 2.75) is 111 Å². The number of hydrogen-bond acceptors (Lipinski definition) is 2.